The highest BCUT2D eigenvalue weighted by atomic mass is 16.6. The van der Waals surface area contributed by atoms with E-state index in [1.54, 1.807) is 17.2 Å². The van der Waals surface area contributed by atoms with Gasteiger partial charge in [0.2, 0.25) is 5.91 Å². The minimum atomic E-state index is -0.884. The lowest BCUT2D eigenvalue weighted by atomic mass is 9.85. The Labute approximate surface area is 164 Å². The number of amides is 1. The first-order valence-electron chi connectivity index (χ1n) is 10.0. The maximum Gasteiger partial charge on any atom is 0.266 e. The number of ether oxygens (including phenoxy) is 2. The van der Waals surface area contributed by atoms with E-state index >= 15 is 0 Å². The van der Waals surface area contributed by atoms with Crippen molar-refractivity contribution in [3.8, 4) is 6.07 Å². The lowest BCUT2D eigenvalue weighted by Crippen LogP contribution is -2.50. The first-order valence-corrected chi connectivity index (χ1v) is 10.0. The molecule has 0 aromatic carbocycles. The summed E-state index contributed by atoms with van der Waals surface area (Å²) >= 11 is 0. The third-order valence-corrected chi connectivity index (χ3v) is 6.22. The number of aromatic nitrogens is 2. The molecule has 3 aliphatic rings. The van der Waals surface area contributed by atoms with E-state index in [0.717, 1.165) is 25.7 Å². The first kappa shape index (κ1) is 19.1. The van der Waals surface area contributed by atoms with E-state index in [4.69, 9.17) is 9.47 Å². The van der Waals surface area contributed by atoms with Gasteiger partial charge in [0, 0.05) is 18.8 Å². The maximum atomic E-state index is 13.2. The highest BCUT2D eigenvalue weighted by Crippen LogP contribution is 2.41. The van der Waals surface area contributed by atoms with Crippen molar-refractivity contribution >= 4 is 5.91 Å². The minimum absolute atomic E-state index is 0.0784. The lowest BCUT2D eigenvalue weighted by Gasteiger charge is -2.35. The Kier molecular flexibility index (Phi) is 5.21. The van der Waals surface area contributed by atoms with Crippen LogP contribution in [0.2, 0.25) is 0 Å². The van der Waals surface area contributed by atoms with Crippen molar-refractivity contribution in [2.45, 2.75) is 56.8 Å². The standard InChI is InChI=1S/C20H26N4O4/c21-13-19(6-1-2-7-19)18(26)23-10-11-27-15-20(14-23)8-5-16(28-20)12-24-17(25)4-3-9-22-24/h3-4,9,16H,1-2,5-8,10-12,14-15H2. The van der Waals surface area contributed by atoms with Crippen molar-refractivity contribution in [2.24, 2.45) is 5.41 Å². The Morgan fingerprint density at radius 2 is 2.18 bits per heavy atom. The molecule has 28 heavy (non-hydrogen) atoms. The van der Waals surface area contributed by atoms with Crippen LogP contribution in [0, 0.1) is 16.7 Å². The van der Waals surface area contributed by atoms with Gasteiger partial charge in [0.15, 0.2) is 0 Å². The summed E-state index contributed by atoms with van der Waals surface area (Å²) in [7, 11) is 0. The second-order valence-electron chi connectivity index (χ2n) is 8.19. The second kappa shape index (κ2) is 7.64. The SMILES string of the molecule is N#CC1(C(=O)N2CCOCC3(CCC(Cn4ncccc4=O)O3)C2)CCCC1. The smallest absolute Gasteiger partial charge is 0.266 e. The fourth-order valence-electron chi connectivity index (χ4n) is 4.70. The monoisotopic (exact) mass is 386 g/mol. The molecule has 0 N–H and O–H groups in total. The van der Waals surface area contributed by atoms with Gasteiger partial charge in [0.1, 0.15) is 11.0 Å². The summed E-state index contributed by atoms with van der Waals surface area (Å²) in [6.07, 6.45) is 6.09. The molecule has 2 aliphatic heterocycles. The van der Waals surface area contributed by atoms with Crippen LogP contribution in [-0.4, -0.2) is 58.6 Å². The van der Waals surface area contributed by atoms with Gasteiger partial charge in [-0.05, 0) is 31.7 Å². The number of rotatable bonds is 3. The van der Waals surface area contributed by atoms with Crippen LogP contribution in [0.25, 0.3) is 0 Å². The first-order chi connectivity index (χ1) is 13.6. The average molecular weight is 386 g/mol. The Hall–Kier alpha value is -2.24. The van der Waals surface area contributed by atoms with Gasteiger partial charge in [-0.25, -0.2) is 4.68 Å². The van der Waals surface area contributed by atoms with Crippen LogP contribution in [0.1, 0.15) is 38.5 Å². The molecule has 1 aromatic heterocycles. The molecule has 8 heteroatoms. The fourth-order valence-corrected chi connectivity index (χ4v) is 4.70. The number of carbonyl (C=O) groups excluding carboxylic acids is 1. The van der Waals surface area contributed by atoms with E-state index in [9.17, 15) is 14.9 Å². The van der Waals surface area contributed by atoms with Crippen LogP contribution >= 0.6 is 0 Å². The summed E-state index contributed by atoms with van der Waals surface area (Å²) < 4.78 is 13.5. The summed E-state index contributed by atoms with van der Waals surface area (Å²) in [6, 6.07) is 5.40. The molecule has 150 valence electrons. The molecule has 1 spiro atoms. The number of nitriles is 1. The highest BCUT2D eigenvalue weighted by molar-refractivity contribution is 5.86. The number of carbonyl (C=O) groups is 1. The van der Waals surface area contributed by atoms with Crippen molar-refractivity contribution in [3.63, 3.8) is 0 Å². The zero-order chi connectivity index (χ0) is 19.6. The predicted molar refractivity (Wildman–Crippen MR) is 99.2 cm³/mol. The quantitative estimate of drug-likeness (QED) is 0.772. The Bertz CT molecular complexity index is 826. The largest absolute Gasteiger partial charge is 0.377 e. The third kappa shape index (κ3) is 3.56. The molecule has 0 bridgehead atoms. The van der Waals surface area contributed by atoms with E-state index in [0.29, 0.717) is 45.7 Å². The van der Waals surface area contributed by atoms with Crippen LogP contribution in [-0.2, 0) is 20.8 Å². The molecule has 0 radical (unpaired) electrons. The Balaban J connectivity index is 1.47. The Morgan fingerprint density at radius 3 is 2.93 bits per heavy atom. The molecule has 2 saturated heterocycles. The topological polar surface area (TPSA) is 97.5 Å². The molecule has 1 aliphatic carbocycles. The minimum Gasteiger partial charge on any atom is -0.377 e. The van der Waals surface area contributed by atoms with Gasteiger partial charge in [-0.1, -0.05) is 12.8 Å². The molecule has 3 heterocycles. The number of hydrogen-bond acceptors (Lipinski definition) is 6. The second-order valence-corrected chi connectivity index (χ2v) is 8.19. The summed E-state index contributed by atoms with van der Waals surface area (Å²) in [5.41, 5.74) is -1.62. The summed E-state index contributed by atoms with van der Waals surface area (Å²) in [4.78, 5) is 26.9. The van der Waals surface area contributed by atoms with Crippen molar-refractivity contribution < 1.29 is 14.3 Å². The number of nitrogens with zero attached hydrogens (tertiary/aromatic N) is 4. The van der Waals surface area contributed by atoms with Gasteiger partial charge in [-0.15, -0.1) is 0 Å². The van der Waals surface area contributed by atoms with E-state index in [2.05, 4.69) is 11.2 Å². The van der Waals surface area contributed by atoms with E-state index in [1.807, 2.05) is 0 Å². The summed E-state index contributed by atoms with van der Waals surface area (Å²) in [5, 5.41) is 13.8. The lowest BCUT2D eigenvalue weighted by molar-refractivity contribution is -0.143. The highest BCUT2D eigenvalue weighted by Gasteiger charge is 2.49. The predicted octanol–water partition coefficient (Wildman–Crippen LogP) is 1.10. The van der Waals surface area contributed by atoms with Gasteiger partial charge in [0.25, 0.3) is 5.56 Å². The molecule has 1 amide bonds. The van der Waals surface area contributed by atoms with Crippen LogP contribution in [0.15, 0.2) is 23.1 Å². The molecule has 2 atom stereocenters. The van der Waals surface area contributed by atoms with Crippen molar-refractivity contribution in [1.29, 1.82) is 5.26 Å². The van der Waals surface area contributed by atoms with E-state index < -0.39 is 11.0 Å². The van der Waals surface area contributed by atoms with Crippen LogP contribution in [0.4, 0.5) is 0 Å². The molecular weight excluding hydrogens is 360 g/mol. The van der Waals surface area contributed by atoms with Gasteiger partial charge >= 0.3 is 0 Å². The van der Waals surface area contributed by atoms with Crippen LogP contribution in [0.5, 0.6) is 0 Å². The zero-order valence-corrected chi connectivity index (χ0v) is 16.0. The van der Waals surface area contributed by atoms with E-state index in [-0.39, 0.29) is 17.6 Å². The van der Waals surface area contributed by atoms with Crippen molar-refractivity contribution in [2.75, 3.05) is 26.3 Å². The van der Waals surface area contributed by atoms with Crippen molar-refractivity contribution in [3.05, 3.63) is 28.7 Å². The zero-order valence-electron chi connectivity index (χ0n) is 16.0. The normalized spacial score (nSPS) is 29.5. The molecular formula is C20H26N4O4. The van der Waals surface area contributed by atoms with Gasteiger partial charge in [-0.3, -0.25) is 9.59 Å². The molecule has 1 aromatic rings. The maximum absolute atomic E-state index is 13.2. The van der Waals surface area contributed by atoms with Crippen LogP contribution in [0.3, 0.4) is 0 Å². The van der Waals surface area contributed by atoms with E-state index in [1.165, 1.54) is 10.7 Å². The van der Waals surface area contributed by atoms with Crippen LogP contribution < -0.4 is 5.56 Å². The van der Waals surface area contributed by atoms with Crippen molar-refractivity contribution in [1.82, 2.24) is 14.7 Å². The summed E-state index contributed by atoms with van der Waals surface area (Å²) in [5.74, 6) is -0.0784. The van der Waals surface area contributed by atoms with Gasteiger partial charge in [0.05, 0.1) is 38.5 Å². The average Bonchev–Trinajstić information content (AvgIpc) is 3.28. The fraction of sp³-hybridized carbons (Fsp3) is 0.700. The molecule has 4 rings (SSSR count). The van der Waals surface area contributed by atoms with Gasteiger partial charge < -0.3 is 14.4 Å². The number of hydrogen-bond donors (Lipinski definition) is 0. The van der Waals surface area contributed by atoms with Gasteiger partial charge in [-0.2, -0.15) is 10.4 Å². The molecule has 8 nitrogen and oxygen atoms in total. The third-order valence-electron chi connectivity index (χ3n) is 6.22. The molecule has 3 fully saturated rings. The molecule has 1 saturated carbocycles. The molecule has 2 unspecified atom stereocenters. The summed E-state index contributed by atoms with van der Waals surface area (Å²) in [6.45, 7) is 2.17. The Morgan fingerprint density at radius 1 is 1.36 bits per heavy atom.